The van der Waals surface area contributed by atoms with Crippen molar-refractivity contribution in [3.05, 3.63) is 71.5 Å². The van der Waals surface area contributed by atoms with Crippen molar-refractivity contribution in [3.63, 3.8) is 0 Å². The van der Waals surface area contributed by atoms with Crippen LogP contribution >= 0.6 is 0 Å². The van der Waals surface area contributed by atoms with Gasteiger partial charge < -0.3 is 24.8 Å². The second-order valence-corrected chi connectivity index (χ2v) is 10.5. The van der Waals surface area contributed by atoms with Crippen molar-refractivity contribution in [2.45, 2.75) is 44.6 Å². The van der Waals surface area contributed by atoms with Crippen molar-refractivity contribution in [2.75, 3.05) is 38.2 Å². The molecule has 0 spiro atoms. The maximum Gasteiger partial charge on any atom is 0.490 e. The molecular formula is C30H33F3N6O4. The topological polar surface area (TPSA) is 115 Å². The number of methoxy groups -OCH3 is 1. The number of ether oxygens (including phenoxy) is 2. The van der Waals surface area contributed by atoms with Gasteiger partial charge in [0.05, 0.1) is 31.7 Å². The molecule has 0 amide bonds. The van der Waals surface area contributed by atoms with Gasteiger partial charge in [-0.15, -0.1) is 0 Å². The molecule has 2 aliphatic rings. The van der Waals surface area contributed by atoms with Gasteiger partial charge in [-0.25, -0.2) is 14.5 Å². The van der Waals surface area contributed by atoms with Crippen LogP contribution in [0.25, 0.3) is 16.7 Å². The Kier molecular flexibility index (Phi) is 9.11. The van der Waals surface area contributed by atoms with Gasteiger partial charge in [-0.2, -0.15) is 23.3 Å². The molecule has 10 nitrogen and oxygen atoms in total. The van der Waals surface area contributed by atoms with Crippen LogP contribution in [-0.2, 0) is 16.1 Å². The van der Waals surface area contributed by atoms with Gasteiger partial charge in [0.2, 0.25) is 5.88 Å². The highest BCUT2D eigenvalue weighted by Crippen LogP contribution is 2.31. The Morgan fingerprint density at radius 1 is 1.09 bits per heavy atom. The highest BCUT2D eigenvalue weighted by atomic mass is 19.4. The minimum absolute atomic E-state index is 0.185. The van der Waals surface area contributed by atoms with Gasteiger partial charge in [0.15, 0.2) is 5.65 Å². The molecule has 2 saturated heterocycles. The van der Waals surface area contributed by atoms with E-state index in [-0.39, 0.29) is 6.10 Å². The van der Waals surface area contributed by atoms with Crippen LogP contribution in [-0.4, -0.2) is 76.4 Å². The number of carbonyl (C=O) groups is 1. The quantitative estimate of drug-likeness (QED) is 0.314. The predicted octanol–water partition coefficient (Wildman–Crippen LogP) is 4.64. The number of hydrogen-bond donors (Lipinski definition) is 2. The lowest BCUT2D eigenvalue weighted by molar-refractivity contribution is -0.192. The van der Waals surface area contributed by atoms with E-state index in [0.717, 1.165) is 61.6 Å². The molecule has 43 heavy (non-hydrogen) atoms. The molecular weight excluding hydrogens is 565 g/mol. The number of aryl methyl sites for hydroxylation is 1. The molecule has 2 fully saturated rings. The van der Waals surface area contributed by atoms with E-state index in [1.807, 2.05) is 35.1 Å². The van der Waals surface area contributed by atoms with E-state index in [4.69, 9.17) is 34.4 Å². The minimum Gasteiger partial charge on any atom is -0.481 e. The summed E-state index contributed by atoms with van der Waals surface area (Å²) < 4.78 is 45.3. The smallest absolute Gasteiger partial charge is 0.481 e. The summed E-state index contributed by atoms with van der Waals surface area (Å²) in [4.78, 5) is 21.0. The van der Waals surface area contributed by atoms with Gasteiger partial charge in [-0.05, 0) is 50.0 Å². The standard InChI is InChI=1S/C28H32N6O2.C2HF3O2/c1-19-12-22-15-30-34(28(22)32-27(19)21-8-10-29-11-9-21)23-13-25(31-26(14-23)35-2)33-16-24(17-33)36-18-20-6-4-3-5-7-20;3-2(4,5)1(6)7/h3-7,12-15,21,24,29H,8-11,16-18H2,1-2H3;(H,6,7). The minimum atomic E-state index is -5.08. The average molecular weight is 599 g/mol. The van der Waals surface area contributed by atoms with Crippen molar-refractivity contribution >= 4 is 22.8 Å². The van der Waals surface area contributed by atoms with Gasteiger partial charge in [0.1, 0.15) is 5.82 Å². The van der Waals surface area contributed by atoms with Gasteiger partial charge in [-0.3, -0.25) is 0 Å². The third kappa shape index (κ3) is 7.23. The number of anilines is 1. The number of fused-ring (bicyclic) bond motifs is 1. The van der Waals surface area contributed by atoms with Gasteiger partial charge in [0.25, 0.3) is 0 Å². The first-order valence-electron chi connectivity index (χ1n) is 14.0. The summed E-state index contributed by atoms with van der Waals surface area (Å²) in [5.74, 6) is -0.855. The number of alkyl halides is 3. The Balaban J connectivity index is 0.000000472. The summed E-state index contributed by atoms with van der Waals surface area (Å²) in [5, 5.41) is 16.3. The van der Waals surface area contributed by atoms with Crippen LogP contribution in [0.3, 0.4) is 0 Å². The van der Waals surface area contributed by atoms with Crippen molar-refractivity contribution in [3.8, 4) is 11.6 Å². The Morgan fingerprint density at radius 2 is 1.79 bits per heavy atom. The van der Waals surface area contributed by atoms with Crippen molar-refractivity contribution < 1.29 is 32.5 Å². The number of nitrogens with zero attached hydrogens (tertiary/aromatic N) is 5. The molecule has 5 heterocycles. The predicted molar refractivity (Wildman–Crippen MR) is 154 cm³/mol. The number of rotatable bonds is 7. The summed E-state index contributed by atoms with van der Waals surface area (Å²) in [6, 6.07) is 16.5. The summed E-state index contributed by atoms with van der Waals surface area (Å²) in [7, 11) is 1.65. The van der Waals surface area contributed by atoms with Gasteiger partial charge >= 0.3 is 12.1 Å². The van der Waals surface area contributed by atoms with Crippen molar-refractivity contribution in [1.82, 2.24) is 25.1 Å². The Morgan fingerprint density at radius 3 is 2.44 bits per heavy atom. The number of carboxylic acid groups (broad SMARTS) is 1. The third-order valence-corrected chi connectivity index (χ3v) is 7.47. The van der Waals surface area contributed by atoms with Crippen LogP contribution in [0.1, 0.15) is 35.6 Å². The molecule has 6 rings (SSSR count). The summed E-state index contributed by atoms with van der Waals surface area (Å²) in [6.45, 7) is 6.46. The van der Waals surface area contributed by atoms with Gasteiger partial charge in [-0.1, -0.05) is 30.3 Å². The molecule has 0 bridgehead atoms. The van der Waals surface area contributed by atoms with E-state index in [0.29, 0.717) is 18.4 Å². The van der Waals surface area contributed by atoms with E-state index in [9.17, 15) is 13.2 Å². The Labute approximate surface area is 246 Å². The fraction of sp³-hybridized carbons (Fsp3) is 0.400. The Bertz CT molecular complexity index is 1550. The number of pyridine rings is 2. The Hall–Kier alpha value is -4.23. The van der Waals surface area contributed by atoms with E-state index in [1.54, 1.807) is 7.11 Å². The fourth-order valence-corrected chi connectivity index (χ4v) is 5.16. The molecule has 3 aromatic heterocycles. The lowest BCUT2D eigenvalue weighted by Gasteiger charge is -2.40. The second-order valence-electron chi connectivity index (χ2n) is 10.5. The number of halogens is 3. The number of aliphatic carboxylic acids is 1. The molecule has 0 aliphatic carbocycles. The van der Waals surface area contributed by atoms with Crippen molar-refractivity contribution in [1.29, 1.82) is 0 Å². The number of benzene rings is 1. The first-order valence-corrected chi connectivity index (χ1v) is 14.0. The molecule has 0 atom stereocenters. The summed E-state index contributed by atoms with van der Waals surface area (Å²) >= 11 is 0. The molecule has 4 aromatic rings. The largest absolute Gasteiger partial charge is 0.490 e. The fourth-order valence-electron chi connectivity index (χ4n) is 5.16. The van der Waals surface area contributed by atoms with E-state index < -0.39 is 12.1 Å². The zero-order valence-corrected chi connectivity index (χ0v) is 23.8. The zero-order chi connectivity index (χ0) is 30.6. The lowest BCUT2D eigenvalue weighted by atomic mass is 9.91. The zero-order valence-electron chi connectivity index (χ0n) is 23.8. The van der Waals surface area contributed by atoms with E-state index >= 15 is 0 Å². The van der Waals surface area contributed by atoms with Crippen LogP contribution in [0.15, 0.2) is 54.7 Å². The molecule has 0 radical (unpaired) electrons. The van der Waals surface area contributed by atoms with Crippen molar-refractivity contribution in [2.24, 2.45) is 0 Å². The molecule has 1 aromatic carbocycles. The highest BCUT2D eigenvalue weighted by Gasteiger charge is 2.38. The van der Waals surface area contributed by atoms with Gasteiger partial charge in [0, 0.05) is 42.2 Å². The first-order chi connectivity index (χ1) is 20.6. The molecule has 2 N–H and O–H groups in total. The number of hydrogen-bond acceptors (Lipinski definition) is 8. The normalized spacial score (nSPS) is 16.0. The summed E-state index contributed by atoms with van der Waals surface area (Å²) in [5.41, 5.74) is 5.39. The summed E-state index contributed by atoms with van der Waals surface area (Å²) in [6.07, 6.45) is -0.776. The SMILES string of the molecule is COc1cc(-n2ncc3cc(C)c(C4CCNCC4)nc32)cc(N2CC(OCc3ccccc3)C2)n1.O=C(O)C(F)(F)F. The third-order valence-electron chi connectivity index (χ3n) is 7.47. The molecule has 0 saturated carbocycles. The first kappa shape index (κ1) is 30.2. The van der Waals surface area contributed by atoms with Crippen LogP contribution in [0.5, 0.6) is 5.88 Å². The number of piperidine rings is 1. The lowest BCUT2D eigenvalue weighted by Crippen LogP contribution is -2.52. The highest BCUT2D eigenvalue weighted by molar-refractivity contribution is 5.78. The average Bonchev–Trinajstić information content (AvgIpc) is 3.39. The maximum atomic E-state index is 10.6. The van der Waals surface area contributed by atoms with E-state index in [2.05, 4.69) is 41.4 Å². The number of aromatic nitrogens is 4. The molecule has 13 heteroatoms. The molecule has 228 valence electrons. The van der Waals surface area contributed by atoms with Crippen LogP contribution in [0.4, 0.5) is 19.0 Å². The number of nitrogens with one attached hydrogen (secondary N) is 1. The number of carboxylic acids is 1. The molecule has 0 unspecified atom stereocenters. The van der Waals surface area contributed by atoms with Crippen LogP contribution < -0.4 is 15.0 Å². The monoisotopic (exact) mass is 598 g/mol. The molecule has 2 aliphatic heterocycles. The van der Waals surface area contributed by atoms with Crippen LogP contribution in [0, 0.1) is 6.92 Å². The maximum absolute atomic E-state index is 10.6. The van der Waals surface area contributed by atoms with E-state index in [1.165, 1.54) is 16.8 Å². The second kappa shape index (κ2) is 13.0. The van der Waals surface area contributed by atoms with Crippen LogP contribution in [0.2, 0.25) is 0 Å².